The van der Waals surface area contributed by atoms with Crippen molar-refractivity contribution in [3.05, 3.63) is 46.4 Å². The van der Waals surface area contributed by atoms with Crippen molar-refractivity contribution in [3.8, 4) is 17.2 Å². The summed E-state index contributed by atoms with van der Waals surface area (Å²) in [4.78, 5) is 12.7. The molecule has 0 radical (unpaired) electrons. The zero-order valence-electron chi connectivity index (χ0n) is 15.7. The Morgan fingerprint density at radius 1 is 1.04 bits per heavy atom. The van der Waals surface area contributed by atoms with Crippen LogP contribution in [0, 0.1) is 0 Å². The lowest BCUT2D eigenvalue weighted by Gasteiger charge is -2.15. The van der Waals surface area contributed by atoms with Crippen LogP contribution < -0.4 is 24.8 Å². The SMILES string of the molecule is COCCOc1ccc(Br)cc1C(=O)NC(=S)Nc1cc(OC)ccc1OC. The Kier molecular flexibility index (Phi) is 8.49. The van der Waals surface area contributed by atoms with E-state index in [0.29, 0.717) is 41.7 Å². The second-order valence-electron chi connectivity index (χ2n) is 5.46. The average molecular weight is 469 g/mol. The average Bonchev–Trinajstić information content (AvgIpc) is 2.68. The van der Waals surface area contributed by atoms with Gasteiger partial charge in [-0.05, 0) is 42.5 Å². The summed E-state index contributed by atoms with van der Waals surface area (Å²) in [5.74, 6) is 1.20. The minimum atomic E-state index is -0.409. The number of rotatable bonds is 8. The zero-order valence-corrected chi connectivity index (χ0v) is 18.1. The van der Waals surface area contributed by atoms with Crippen LogP contribution in [0.3, 0.4) is 0 Å². The van der Waals surface area contributed by atoms with Crippen molar-refractivity contribution in [2.45, 2.75) is 0 Å². The van der Waals surface area contributed by atoms with Crippen LogP contribution in [0.25, 0.3) is 0 Å². The molecule has 1 amide bonds. The van der Waals surface area contributed by atoms with Crippen molar-refractivity contribution >= 4 is 44.9 Å². The van der Waals surface area contributed by atoms with Crippen molar-refractivity contribution in [2.75, 3.05) is 39.9 Å². The molecule has 2 N–H and O–H groups in total. The van der Waals surface area contributed by atoms with Crippen molar-refractivity contribution in [1.82, 2.24) is 5.32 Å². The van der Waals surface area contributed by atoms with Gasteiger partial charge in [-0.15, -0.1) is 0 Å². The first-order valence-electron chi connectivity index (χ1n) is 8.24. The molecule has 0 aliphatic heterocycles. The summed E-state index contributed by atoms with van der Waals surface area (Å²) in [6.45, 7) is 0.731. The minimum Gasteiger partial charge on any atom is -0.497 e. The van der Waals surface area contributed by atoms with Crippen LogP contribution in [0.15, 0.2) is 40.9 Å². The number of nitrogens with one attached hydrogen (secondary N) is 2. The summed E-state index contributed by atoms with van der Waals surface area (Å²) in [5.41, 5.74) is 0.908. The molecule has 28 heavy (non-hydrogen) atoms. The van der Waals surface area contributed by atoms with Crippen LogP contribution in [0.2, 0.25) is 0 Å². The second kappa shape index (κ2) is 10.8. The van der Waals surface area contributed by atoms with Crippen LogP contribution in [-0.4, -0.2) is 45.6 Å². The molecule has 0 atom stereocenters. The summed E-state index contributed by atoms with van der Waals surface area (Å²) in [6.07, 6.45) is 0. The largest absolute Gasteiger partial charge is 0.497 e. The fourth-order valence-corrected chi connectivity index (χ4v) is 2.84. The Bertz CT molecular complexity index is 847. The summed E-state index contributed by atoms with van der Waals surface area (Å²) >= 11 is 8.63. The van der Waals surface area contributed by atoms with Gasteiger partial charge in [-0.25, -0.2) is 0 Å². The molecule has 0 aliphatic rings. The third kappa shape index (κ3) is 6.08. The summed E-state index contributed by atoms with van der Waals surface area (Å²) in [6, 6.07) is 10.4. The predicted molar refractivity (Wildman–Crippen MR) is 115 cm³/mol. The molecule has 2 aromatic rings. The number of hydrogen-bond acceptors (Lipinski definition) is 6. The lowest BCUT2D eigenvalue weighted by atomic mass is 10.2. The molecule has 0 bridgehead atoms. The van der Waals surface area contributed by atoms with Gasteiger partial charge in [0, 0.05) is 17.6 Å². The molecule has 0 saturated carbocycles. The number of amides is 1. The van der Waals surface area contributed by atoms with Crippen LogP contribution in [0.1, 0.15) is 10.4 Å². The van der Waals surface area contributed by atoms with Gasteiger partial charge in [0.2, 0.25) is 0 Å². The molecule has 2 rings (SSSR count). The lowest BCUT2D eigenvalue weighted by molar-refractivity contribution is 0.0969. The minimum absolute atomic E-state index is 0.111. The monoisotopic (exact) mass is 468 g/mol. The van der Waals surface area contributed by atoms with Crippen LogP contribution in [0.4, 0.5) is 5.69 Å². The Hall–Kier alpha value is -2.36. The smallest absolute Gasteiger partial charge is 0.261 e. The summed E-state index contributed by atoms with van der Waals surface area (Å²) in [5, 5.41) is 5.70. The van der Waals surface area contributed by atoms with Gasteiger partial charge in [-0.2, -0.15) is 0 Å². The van der Waals surface area contributed by atoms with Gasteiger partial charge < -0.3 is 24.3 Å². The summed E-state index contributed by atoms with van der Waals surface area (Å²) < 4.78 is 21.8. The van der Waals surface area contributed by atoms with Gasteiger partial charge in [0.1, 0.15) is 23.9 Å². The number of carbonyl (C=O) groups is 1. The number of methoxy groups -OCH3 is 3. The predicted octanol–water partition coefficient (Wildman–Crippen LogP) is 3.62. The number of ether oxygens (including phenoxy) is 4. The number of halogens is 1. The third-order valence-electron chi connectivity index (χ3n) is 3.61. The molecule has 0 unspecified atom stereocenters. The van der Waals surface area contributed by atoms with Crippen LogP contribution in [-0.2, 0) is 4.74 Å². The maximum atomic E-state index is 12.7. The van der Waals surface area contributed by atoms with Crippen LogP contribution >= 0.6 is 28.1 Å². The molecular formula is C19H21BrN2O5S. The molecule has 7 nitrogen and oxygen atoms in total. The maximum absolute atomic E-state index is 12.7. The number of carbonyl (C=O) groups excluding carboxylic acids is 1. The van der Waals surface area contributed by atoms with E-state index in [4.69, 9.17) is 31.2 Å². The molecule has 2 aromatic carbocycles. The van der Waals surface area contributed by atoms with E-state index in [1.165, 1.54) is 0 Å². The fraction of sp³-hybridized carbons (Fsp3) is 0.263. The van der Waals surface area contributed by atoms with Gasteiger partial charge in [0.15, 0.2) is 5.11 Å². The fourth-order valence-electron chi connectivity index (χ4n) is 2.28. The molecule has 9 heteroatoms. The molecule has 0 spiro atoms. The van der Waals surface area contributed by atoms with E-state index in [0.717, 1.165) is 4.47 Å². The van der Waals surface area contributed by atoms with E-state index in [9.17, 15) is 4.79 Å². The van der Waals surface area contributed by atoms with Crippen LogP contribution in [0.5, 0.6) is 17.2 Å². The Labute approximate surface area is 177 Å². The van der Waals surface area contributed by atoms with Crippen molar-refractivity contribution in [3.63, 3.8) is 0 Å². The highest BCUT2D eigenvalue weighted by Crippen LogP contribution is 2.29. The van der Waals surface area contributed by atoms with E-state index in [1.54, 1.807) is 57.7 Å². The highest BCUT2D eigenvalue weighted by molar-refractivity contribution is 9.10. The van der Waals surface area contributed by atoms with E-state index < -0.39 is 5.91 Å². The second-order valence-corrected chi connectivity index (χ2v) is 6.78. The number of thiocarbonyl (C=S) groups is 1. The molecule has 0 saturated heterocycles. The molecular weight excluding hydrogens is 448 g/mol. The van der Waals surface area contributed by atoms with Crippen molar-refractivity contribution in [1.29, 1.82) is 0 Å². The van der Waals surface area contributed by atoms with E-state index in [2.05, 4.69) is 26.6 Å². The molecule has 150 valence electrons. The molecule has 0 aromatic heterocycles. The highest BCUT2D eigenvalue weighted by atomic mass is 79.9. The number of hydrogen-bond donors (Lipinski definition) is 2. The van der Waals surface area contributed by atoms with E-state index in [-0.39, 0.29) is 5.11 Å². The maximum Gasteiger partial charge on any atom is 0.261 e. The Morgan fingerprint density at radius 2 is 1.79 bits per heavy atom. The van der Waals surface area contributed by atoms with Gasteiger partial charge >= 0.3 is 0 Å². The molecule has 0 aliphatic carbocycles. The zero-order chi connectivity index (χ0) is 20.5. The third-order valence-corrected chi connectivity index (χ3v) is 4.31. The molecule has 0 heterocycles. The Morgan fingerprint density at radius 3 is 2.46 bits per heavy atom. The number of benzene rings is 2. The van der Waals surface area contributed by atoms with E-state index in [1.807, 2.05) is 0 Å². The van der Waals surface area contributed by atoms with Crippen molar-refractivity contribution < 1.29 is 23.7 Å². The highest BCUT2D eigenvalue weighted by Gasteiger charge is 2.16. The van der Waals surface area contributed by atoms with E-state index >= 15 is 0 Å². The number of anilines is 1. The first-order valence-corrected chi connectivity index (χ1v) is 9.44. The standard InChI is InChI=1S/C19H21BrN2O5S/c1-24-8-9-27-16-6-4-12(20)10-14(16)18(23)22-19(28)21-15-11-13(25-2)5-7-17(15)26-3/h4-7,10-11H,8-9H2,1-3H3,(H2,21,22,23,28). The van der Waals surface area contributed by atoms with Gasteiger partial charge in [0.25, 0.3) is 5.91 Å². The summed E-state index contributed by atoms with van der Waals surface area (Å²) in [7, 11) is 4.68. The lowest BCUT2D eigenvalue weighted by Crippen LogP contribution is -2.34. The van der Waals surface area contributed by atoms with Crippen molar-refractivity contribution in [2.24, 2.45) is 0 Å². The quantitative estimate of drug-likeness (QED) is 0.452. The molecule has 0 fully saturated rings. The Balaban J connectivity index is 2.12. The van der Waals surface area contributed by atoms with Gasteiger partial charge in [-0.3, -0.25) is 10.1 Å². The first-order chi connectivity index (χ1) is 13.5. The topological polar surface area (TPSA) is 78.1 Å². The normalized spacial score (nSPS) is 10.1. The van der Waals surface area contributed by atoms with Gasteiger partial charge in [0.05, 0.1) is 32.1 Å². The first kappa shape index (κ1) is 21.9. The van der Waals surface area contributed by atoms with Gasteiger partial charge in [-0.1, -0.05) is 15.9 Å².